The van der Waals surface area contributed by atoms with Crippen LogP contribution in [-0.2, 0) is 10.0 Å². The van der Waals surface area contributed by atoms with Crippen molar-refractivity contribution in [3.63, 3.8) is 0 Å². The number of nitrogens with one attached hydrogen (secondary N) is 1. The molecule has 7 heteroatoms. The van der Waals surface area contributed by atoms with Crippen LogP contribution in [0.2, 0.25) is 0 Å². The molecule has 3 rings (SSSR count). The third kappa shape index (κ3) is 4.17. The first-order chi connectivity index (χ1) is 10.8. The topological polar surface area (TPSA) is 83.5 Å². The van der Waals surface area contributed by atoms with Crippen LogP contribution in [0.1, 0.15) is 52.8 Å². The molecule has 0 radical (unpaired) electrons. The van der Waals surface area contributed by atoms with Gasteiger partial charge < -0.3 is 0 Å². The molecule has 2 aliphatic rings. The fourth-order valence-corrected chi connectivity index (χ4v) is 2.88. The first-order valence-electron chi connectivity index (χ1n) is 7.70. The third-order valence-electron chi connectivity index (χ3n) is 4.14. The van der Waals surface area contributed by atoms with Gasteiger partial charge in [-0.15, -0.1) is 0 Å². The van der Waals surface area contributed by atoms with Gasteiger partial charge in [-0.25, -0.2) is 13.1 Å². The number of fused-ring (bicyclic) bond motifs is 1. The number of amides is 2. The fraction of sp³-hybridized carbons (Fsp3) is 0.500. The second kappa shape index (κ2) is 7.23. The van der Waals surface area contributed by atoms with Crippen LogP contribution in [0, 0.1) is 0 Å². The summed E-state index contributed by atoms with van der Waals surface area (Å²) in [6.07, 6.45) is 6.50. The van der Waals surface area contributed by atoms with Crippen LogP contribution in [0.5, 0.6) is 0 Å². The van der Waals surface area contributed by atoms with Gasteiger partial charge in [0.25, 0.3) is 11.8 Å². The van der Waals surface area contributed by atoms with Crippen molar-refractivity contribution >= 4 is 21.8 Å². The summed E-state index contributed by atoms with van der Waals surface area (Å²) < 4.78 is 21.9. The molecule has 0 saturated heterocycles. The van der Waals surface area contributed by atoms with Crippen molar-refractivity contribution in [2.24, 2.45) is 0 Å². The van der Waals surface area contributed by atoms with E-state index in [1.165, 1.54) is 18.4 Å². The molecule has 1 aromatic carbocycles. The van der Waals surface area contributed by atoms with Crippen molar-refractivity contribution in [2.75, 3.05) is 13.3 Å². The standard InChI is InChI=1S/C14H15NO2.C2H7NO2S/c16-13-11-8-4-5-9-12(11)14(17)15(13)10-6-2-1-3-7-10;1-3-6(2,4)5/h4-5,8-10H,1-3,6-7H2;3H,1-2H3. The average Bonchev–Trinajstić information content (AvgIpc) is 2.80. The molecule has 0 unspecified atom stereocenters. The van der Waals surface area contributed by atoms with Crippen LogP contribution in [0.3, 0.4) is 0 Å². The molecular weight excluding hydrogens is 316 g/mol. The largest absolute Gasteiger partial charge is 0.271 e. The van der Waals surface area contributed by atoms with E-state index in [-0.39, 0.29) is 17.9 Å². The Bertz CT molecular complexity index is 659. The molecule has 1 fully saturated rings. The van der Waals surface area contributed by atoms with E-state index < -0.39 is 10.0 Å². The van der Waals surface area contributed by atoms with E-state index >= 15 is 0 Å². The number of carbonyl (C=O) groups excluding carboxylic acids is 2. The van der Waals surface area contributed by atoms with Crippen molar-refractivity contribution in [1.29, 1.82) is 0 Å². The molecule has 1 heterocycles. The van der Waals surface area contributed by atoms with Gasteiger partial charge in [0, 0.05) is 6.04 Å². The SMILES string of the molecule is CNS(C)(=O)=O.O=C1c2ccccc2C(=O)N1C1CCCCC1. The normalized spacial score (nSPS) is 18.4. The first kappa shape index (κ1) is 17.6. The van der Waals surface area contributed by atoms with Crippen molar-refractivity contribution in [3.8, 4) is 0 Å². The van der Waals surface area contributed by atoms with E-state index in [1.54, 1.807) is 12.1 Å². The smallest absolute Gasteiger partial charge is 0.261 e. The van der Waals surface area contributed by atoms with Gasteiger partial charge in [-0.1, -0.05) is 31.4 Å². The molecule has 0 atom stereocenters. The number of benzene rings is 1. The van der Waals surface area contributed by atoms with Crippen molar-refractivity contribution in [2.45, 2.75) is 38.1 Å². The molecule has 0 spiro atoms. The summed E-state index contributed by atoms with van der Waals surface area (Å²) in [5.41, 5.74) is 1.14. The van der Waals surface area contributed by atoms with E-state index in [0.717, 1.165) is 31.9 Å². The highest BCUT2D eigenvalue weighted by molar-refractivity contribution is 7.88. The summed E-state index contributed by atoms with van der Waals surface area (Å²) >= 11 is 0. The van der Waals surface area contributed by atoms with Gasteiger partial charge in [0.05, 0.1) is 17.4 Å². The maximum absolute atomic E-state index is 12.2. The van der Waals surface area contributed by atoms with Crippen LogP contribution in [0.4, 0.5) is 0 Å². The van der Waals surface area contributed by atoms with Gasteiger partial charge in [0.2, 0.25) is 10.0 Å². The van der Waals surface area contributed by atoms with Crippen LogP contribution in [-0.4, -0.2) is 44.5 Å². The quantitative estimate of drug-likeness (QED) is 0.833. The molecule has 1 aromatic rings. The van der Waals surface area contributed by atoms with Gasteiger partial charge in [0.1, 0.15) is 0 Å². The molecular formula is C16H22N2O4S. The predicted molar refractivity (Wildman–Crippen MR) is 87.7 cm³/mol. The van der Waals surface area contributed by atoms with Crippen molar-refractivity contribution in [1.82, 2.24) is 9.62 Å². The average molecular weight is 338 g/mol. The maximum Gasteiger partial charge on any atom is 0.261 e. The summed E-state index contributed by atoms with van der Waals surface area (Å²) in [5, 5.41) is 0. The zero-order valence-electron chi connectivity index (χ0n) is 13.4. The lowest BCUT2D eigenvalue weighted by molar-refractivity contribution is 0.0549. The molecule has 6 nitrogen and oxygen atoms in total. The highest BCUT2D eigenvalue weighted by atomic mass is 32.2. The highest BCUT2D eigenvalue weighted by Crippen LogP contribution is 2.30. The summed E-state index contributed by atoms with van der Waals surface area (Å²) in [6.45, 7) is 0. The Morgan fingerprint density at radius 3 is 1.83 bits per heavy atom. The van der Waals surface area contributed by atoms with Crippen molar-refractivity contribution in [3.05, 3.63) is 35.4 Å². The molecule has 126 valence electrons. The molecule has 1 saturated carbocycles. The fourth-order valence-electron chi connectivity index (χ4n) is 2.88. The molecule has 23 heavy (non-hydrogen) atoms. The number of imide groups is 1. The Morgan fingerprint density at radius 1 is 1.00 bits per heavy atom. The molecule has 1 aliphatic carbocycles. The number of rotatable bonds is 2. The number of hydrogen-bond acceptors (Lipinski definition) is 4. The van der Waals surface area contributed by atoms with Crippen LogP contribution in [0.25, 0.3) is 0 Å². The Balaban J connectivity index is 0.000000277. The summed E-state index contributed by atoms with van der Waals surface area (Å²) in [7, 11) is -1.54. The second-order valence-electron chi connectivity index (χ2n) is 5.79. The molecule has 2 amide bonds. The zero-order chi connectivity index (χ0) is 17.0. The van der Waals surface area contributed by atoms with E-state index in [9.17, 15) is 18.0 Å². The van der Waals surface area contributed by atoms with Gasteiger partial charge in [-0.05, 0) is 32.0 Å². The minimum Gasteiger partial charge on any atom is -0.271 e. The lowest BCUT2D eigenvalue weighted by atomic mass is 9.94. The van der Waals surface area contributed by atoms with E-state index in [4.69, 9.17) is 0 Å². The Labute approximate surface area is 136 Å². The van der Waals surface area contributed by atoms with Crippen molar-refractivity contribution < 1.29 is 18.0 Å². The van der Waals surface area contributed by atoms with E-state index in [0.29, 0.717) is 11.1 Å². The Hall–Kier alpha value is -1.73. The van der Waals surface area contributed by atoms with Gasteiger partial charge in [-0.2, -0.15) is 0 Å². The van der Waals surface area contributed by atoms with Gasteiger partial charge in [0.15, 0.2) is 0 Å². The molecule has 0 aromatic heterocycles. The van der Waals surface area contributed by atoms with E-state index in [2.05, 4.69) is 4.72 Å². The molecule has 0 bridgehead atoms. The monoisotopic (exact) mass is 338 g/mol. The first-order valence-corrected chi connectivity index (χ1v) is 9.59. The van der Waals surface area contributed by atoms with Crippen LogP contribution in [0.15, 0.2) is 24.3 Å². The summed E-state index contributed by atoms with van der Waals surface area (Å²) in [4.78, 5) is 25.9. The Kier molecular flexibility index (Phi) is 5.54. The summed E-state index contributed by atoms with van der Waals surface area (Å²) in [6, 6.07) is 7.25. The molecule has 1 N–H and O–H groups in total. The lowest BCUT2D eigenvalue weighted by Crippen LogP contribution is -2.40. The van der Waals surface area contributed by atoms with Crippen LogP contribution < -0.4 is 4.72 Å². The zero-order valence-corrected chi connectivity index (χ0v) is 14.2. The highest BCUT2D eigenvalue weighted by Gasteiger charge is 2.39. The second-order valence-corrected chi connectivity index (χ2v) is 7.75. The summed E-state index contributed by atoms with van der Waals surface area (Å²) in [5.74, 6) is -0.199. The van der Waals surface area contributed by atoms with Gasteiger partial charge in [-0.3, -0.25) is 14.5 Å². The maximum atomic E-state index is 12.2. The number of hydrogen-bond donors (Lipinski definition) is 1. The number of sulfonamides is 1. The van der Waals surface area contributed by atoms with Gasteiger partial charge >= 0.3 is 0 Å². The van der Waals surface area contributed by atoms with E-state index in [1.807, 2.05) is 12.1 Å². The lowest BCUT2D eigenvalue weighted by Gasteiger charge is -2.29. The minimum absolute atomic E-state index is 0.0995. The Morgan fingerprint density at radius 2 is 1.43 bits per heavy atom. The third-order valence-corrected chi connectivity index (χ3v) is 4.88. The predicted octanol–water partition coefficient (Wildman–Crippen LogP) is 1.78. The minimum atomic E-state index is -2.91. The van der Waals surface area contributed by atoms with Crippen LogP contribution >= 0.6 is 0 Å². The molecule has 1 aliphatic heterocycles. The number of carbonyl (C=O) groups is 2. The number of nitrogens with zero attached hydrogens (tertiary/aromatic N) is 1.